The van der Waals surface area contributed by atoms with Gasteiger partial charge in [0.15, 0.2) is 0 Å². The summed E-state index contributed by atoms with van der Waals surface area (Å²) in [4.78, 5) is 14.0. The summed E-state index contributed by atoms with van der Waals surface area (Å²) in [6.07, 6.45) is 0.326. The molecule has 0 aliphatic rings. The lowest BCUT2D eigenvalue weighted by atomic mass is 10.2. The van der Waals surface area contributed by atoms with Gasteiger partial charge in [-0.25, -0.2) is 0 Å². The Balaban J connectivity index is 2.11. The molecule has 0 radical (unpaired) electrons. The summed E-state index contributed by atoms with van der Waals surface area (Å²) in [5.74, 6) is 0.0650. The number of nitrogens with one attached hydrogen (secondary N) is 1. The summed E-state index contributed by atoms with van der Waals surface area (Å²) in [5.41, 5.74) is 2.68. The van der Waals surface area contributed by atoms with E-state index in [0.29, 0.717) is 13.0 Å². The van der Waals surface area contributed by atoms with E-state index in [-0.39, 0.29) is 5.91 Å². The Kier molecular flexibility index (Phi) is 3.77. The number of nitrogens with zero attached hydrogens (tertiary/aromatic N) is 2. The molecule has 0 aliphatic heterocycles. The molecule has 0 spiro atoms. The minimum Gasteiger partial charge on any atom is -0.312 e. The number of aryl methyl sites for hydroxylation is 1. The van der Waals surface area contributed by atoms with E-state index in [0.717, 1.165) is 17.1 Å². The van der Waals surface area contributed by atoms with Gasteiger partial charge in [0.2, 0.25) is 5.91 Å². The van der Waals surface area contributed by atoms with Crippen molar-refractivity contribution in [2.24, 2.45) is 0 Å². The maximum Gasteiger partial charge on any atom is 0.233 e. The van der Waals surface area contributed by atoms with Crippen molar-refractivity contribution in [1.82, 2.24) is 10.2 Å². The van der Waals surface area contributed by atoms with Gasteiger partial charge in [-0.1, -0.05) is 18.2 Å². The van der Waals surface area contributed by atoms with Crippen molar-refractivity contribution < 1.29 is 4.79 Å². The van der Waals surface area contributed by atoms with E-state index in [2.05, 4.69) is 10.2 Å². The van der Waals surface area contributed by atoms with Crippen LogP contribution in [0.4, 0.5) is 5.69 Å². The van der Waals surface area contributed by atoms with Crippen molar-refractivity contribution >= 4 is 11.6 Å². The summed E-state index contributed by atoms with van der Waals surface area (Å²) < 4.78 is 0. The van der Waals surface area contributed by atoms with Crippen molar-refractivity contribution in [3.8, 4) is 0 Å². The fourth-order valence-corrected chi connectivity index (χ4v) is 1.93. The maximum atomic E-state index is 12.2. The van der Waals surface area contributed by atoms with Crippen LogP contribution in [-0.4, -0.2) is 22.6 Å². The second kappa shape index (κ2) is 5.49. The first-order chi connectivity index (χ1) is 8.70. The van der Waals surface area contributed by atoms with E-state index >= 15 is 0 Å². The number of hydrogen-bond donors (Lipinski definition) is 1. The van der Waals surface area contributed by atoms with Crippen LogP contribution in [0.15, 0.2) is 36.4 Å². The standard InChI is InChI=1S/C14H17N3O/c1-3-17(13-7-5-4-6-8-13)14(18)10-12-9-11(2)15-16-12/h4-9H,3,10H2,1-2H3,(H,15,16). The monoisotopic (exact) mass is 243 g/mol. The molecule has 2 aromatic rings. The minimum absolute atomic E-state index is 0.0650. The van der Waals surface area contributed by atoms with Crippen molar-refractivity contribution in [2.45, 2.75) is 20.3 Å². The summed E-state index contributed by atoms with van der Waals surface area (Å²) in [6.45, 7) is 4.56. The molecule has 1 amide bonds. The Morgan fingerprint density at radius 2 is 2.06 bits per heavy atom. The summed E-state index contributed by atoms with van der Waals surface area (Å²) in [6, 6.07) is 11.6. The zero-order valence-electron chi connectivity index (χ0n) is 10.7. The zero-order chi connectivity index (χ0) is 13.0. The van der Waals surface area contributed by atoms with Gasteiger partial charge in [0.05, 0.1) is 12.1 Å². The Labute approximate surface area is 107 Å². The largest absolute Gasteiger partial charge is 0.312 e. The van der Waals surface area contributed by atoms with Crippen molar-refractivity contribution in [1.29, 1.82) is 0 Å². The van der Waals surface area contributed by atoms with E-state index in [9.17, 15) is 4.79 Å². The number of amides is 1. The first-order valence-corrected chi connectivity index (χ1v) is 6.07. The van der Waals surface area contributed by atoms with E-state index in [1.807, 2.05) is 50.2 Å². The number of likely N-dealkylation sites (N-methyl/N-ethyl adjacent to an activating group) is 1. The molecular weight excluding hydrogens is 226 g/mol. The molecular formula is C14H17N3O. The first-order valence-electron chi connectivity index (χ1n) is 6.07. The predicted molar refractivity (Wildman–Crippen MR) is 71.5 cm³/mol. The highest BCUT2D eigenvalue weighted by Gasteiger charge is 2.15. The van der Waals surface area contributed by atoms with Crippen molar-refractivity contribution in [2.75, 3.05) is 11.4 Å². The fourth-order valence-electron chi connectivity index (χ4n) is 1.93. The minimum atomic E-state index is 0.0650. The summed E-state index contributed by atoms with van der Waals surface area (Å²) >= 11 is 0. The third-order valence-corrected chi connectivity index (χ3v) is 2.78. The van der Waals surface area contributed by atoms with Crippen LogP contribution in [0.2, 0.25) is 0 Å². The highest BCUT2D eigenvalue weighted by atomic mass is 16.2. The van der Waals surface area contributed by atoms with Crippen LogP contribution in [0.25, 0.3) is 0 Å². The molecule has 1 aromatic heterocycles. The third-order valence-electron chi connectivity index (χ3n) is 2.78. The lowest BCUT2D eigenvalue weighted by Crippen LogP contribution is -2.32. The quantitative estimate of drug-likeness (QED) is 0.895. The number of H-pyrrole nitrogens is 1. The predicted octanol–water partition coefficient (Wildman–Crippen LogP) is 2.31. The molecule has 18 heavy (non-hydrogen) atoms. The second-order valence-corrected chi connectivity index (χ2v) is 4.19. The van der Waals surface area contributed by atoms with Gasteiger partial charge in [0.25, 0.3) is 0 Å². The highest BCUT2D eigenvalue weighted by molar-refractivity contribution is 5.94. The lowest BCUT2D eigenvalue weighted by molar-refractivity contribution is -0.118. The number of para-hydroxylation sites is 1. The Bertz CT molecular complexity index is 519. The molecule has 0 saturated carbocycles. The topological polar surface area (TPSA) is 49.0 Å². The van der Waals surface area contributed by atoms with Crippen molar-refractivity contribution in [3.05, 3.63) is 47.8 Å². The molecule has 0 aliphatic carbocycles. The van der Waals surface area contributed by atoms with Gasteiger partial charge in [0.1, 0.15) is 0 Å². The van der Waals surface area contributed by atoms with E-state index in [1.54, 1.807) is 4.90 Å². The lowest BCUT2D eigenvalue weighted by Gasteiger charge is -2.20. The van der Waals surface area contributed by atoms with Crippen LogP contribution < -0.4 is 4.90 Å². The number of aromatic amines is 1. The fraction of sp³-hybridized carbons (Fsp3) is 0.286. The van der Waals surface area contributed by atoms with Gasteiger partial charge < -0.3 is 4.90 Å². The zero-order valence-corrected chi connectivity index (χ0v) is 10.7. The van der Waals surface area contributed by atoms with E-state index in [1.165, 1.54) is 0 Å². The summed E-state index contributed by atoms with van der Waals surface area (Å²) in [7, 11) is 0. The third kappa shape index (κ3) is 2.77. The van der Waals surface area contributed by atoms with Crippen LogP contribution in [0.1, 0.15) is 18.3 Å². The number of aromatic nitrogens is 2. The maximum absolute atomic E-state index is 12.2. The molecule has 0 saturated heterocycles. The normalized spacial score (nSPS) is 10.3. The first kappa shape index (κ1) is 12.4. The van der Waals surface area contributed by atoms with Gasteiger partial charge in [-0.2, -0.15) is 5.10 Å². The Hall–Kier alpha value is -2.10. The number of anilines is 1. The van der Waals surface area contributed by atoms with Gasteiger partial charge >= 0.3 is 0 Å². The number of carbonyl (C=O) groups excluding carboxylic acids is 1. The molecule has 94 valence electrons. The molecule has 0 fully saturated rings. The molecule has 0 bridgehead atoms. The van der Waals surface area contributed by atoms with Gasteiger partial charge in [-0.15, -0.1) is 0 Å². The summed E-state index contributed by atoms with van der Waals surface area (Å²) in [5, 5.41) is 6.94. The number of rotatable bonds is 4. The molecule has 4 nitrogen and oxygen atoms in total. The number of hydrogen-bond acceptors (Lipinski definition) is 2. The van der Waals surface area contributed by atoms with Gasteiger partial charge in [-0.05, 0) is 32.0 Å². The van der Waals surface area contributed by atoms with Gasteiger partial charge in [-0.3, -0.25) is 9.89 Å². The SMILES string of the molecule is CCN(C(=O)Cc1cc(C)[nH]n1)c1ccccc1. The second-order valence-electron chi connectivity index (χ2n) is 4.19. The molecule has 4 heteroatoms. The smallest absolute Gasteiger partial charge is 0.233 e. The van der Waals surface area contributed by atoms with Crippen LogP contribution >= 0.6 is 0 Å². The van der Waals surface area contributed by atoms with Crippen LogP contribution in [0.3, 0.4) is 0 Å². The van der Waals surface area contributed by atoms with Crippen molar-refractivity contribution in [3.63, 3.8) is 0 Å². The highest BCUT2D eigenvalue weighted by Crippen LogP contribution is 2.14. The van der Waals surface area contributed by atoms with Gasteiger partial charge in [0, 0.05) is 17.9 Å². The average molecular weight is 243 g/mol. The van der Waals surface area contributed by atoms with E-state index < -0.39 is 0 Å². The molecule has 1 aromatic carbocycles. The van der Waals surface area contributed by atoms with Crippen LogP contribution in [-0.2, 0) is 11.2 Å². The molecule has 1 heterocycles. The van der Waals surface area contributed by atoms with E-state index in [4.69, 9.17) is 0 Å². The molecule has 0 unspecified atom stereocenters. The van der Waals surface area contributed by atoms with Crippen LogP contribution in [0.5, 0.6) is 0 Å². The average Bonchev–Trinajstić information content (AvgIpc) is 2.77. The molecule has 0 atom stereocenters. The number of carbonyl (C=O) groups is 1. The van der Waals surface area contributed by atoms with Crippen LogP contribution in [0, 0.1) is 6.92 Å². The Morgan fingerprint density at radius 3 is 2.61 bits per heavy atom. The molecule has 1 N–H and O–H groups in total. The molecule has 2 rings (SSSR count). The number of benzene rings is 1. The Morgan fingerprint density at radius 1 is 1.33 bits per heavy atom.